The average molecular weight is 296 g/mol. The van der Waals surface area contributed by atoms with Crippen molar-refractivity contribution in [3.63, 3.8) is 0 Å². The van der Waals surface area contributed by atoms with E-state index in [1.807, 2.05) is 0 Å². The van der Waals surface area contributed by atoms with E-state index in [2.05, 4.69) is 38.3 Å². The summed E-state index contributed by atoms with van der Waals surface area (Å²) in [6.07, 6.45) is 9.85. The molecular formula is C18H36N2O. The fourth-order valence-electron chi connectivity index (χ4n) is 3.47. The summed E-state index contributed by atoms with van der Waals surface area (Å²) in [4.78, 5) is 11.9. The van der Waals surface area contributed by atoms with Crippen LogP contribution in [0.3, 0.4) is 0 Å². The molecule has 0 aromatic heterocycles. The lowest BCUT2D eigenvalue weighted by Crippen LogP contribution is -2.37. The van der Waals surface area contributed by atoms with Gasteiger partial charge >= 0.3 is 0 Å². The van der Waals surface area contributed by atoms with Gasteiger partial charge in [0, 0.05) is 25.6 Å². The zero-order valence-electron chi connectivity index (χ0n) is 14.6. The normalized spacial score (nSPS) is 19.0. The summed E-state index contributed by atoms with van der Waals surface area (Å²) in [6, 6.07) is 0.671. The van der Waals surface area contributed by atoms with Crippen LogP contribution in [0.1, 0.15) is 79.1 Å². The van der Waals surface area contributed by atoms with E-state index in [1.54, 1.807) is 0 Å². The molecule has 1 aliphatic carbocycles. The Morgan fingerprint density at radius 3 is 2.29 bits per heavy atom. The molecule has 0 aromatic rings. The molecule has 3 nitrogen and oxygen atoms in total. The van der Waals surface area contributed by atoms with E-state index in [1.165, 1.54) is 38.5 Å². The Balaban J connectivity index is 2.07. The molecular weight excluding hydrogens is 260 g/mol. The van der Waals surface area contributed by atoms with E-state index in [-0.39, 0.29) is 5.91 Å². The molecule has 0 radical (unpaired) electrons. The third kappa shape index (κ3) is 9.89. The first-order valence-electron chi connectivity index (χ1n) is 8.87. The van der Waals surface area contributed by atoms with Crippen molar-refractivity contribution >= 4 is 5.91 Å². The molecule has 0 bridgehead atoms. The number of nitrogens with one attached hydrogen (secondary N) is 2. The highest BCUT2D eigenvalue weighted by Crippen LogP contribution is 2.25. The molecule has 0 aliphatic heterocycles. The van der Waals surface area contributed by atoms with E-state index >= 15 is 0 Å². The SMILES string of the molecule is CC(CC(=O)NCCNC1CCCCCC1)CC(C)(C)C. The number of rotatable bonds is 7. The van der Waals surface area contributed by atoms with Crippen LogP contribution in [0.25, 0.3) is 0 Å². The topological polar surface area (TPSA) is 41.1 Å². The standard InChI is InChI=1S/C18H36N2O/c1-15(14-18(2,3)4)13-17(21)20-12-11-19-16-9-7-5-6-8-10-16/h15-16,19H,5-14H2,1-4H3,(H,20,21). The summed E-state index contributed by atoms with van der Waals surface area (Å²) in [6.45, 7) is 10.5. The van der Waals surface area contributed by atoms with Crippen molar-refractivity contribution in [1.82, 2.24) is 10.6 Å². The maximum Gasteiger partial charge on any atom is 0.220 e. The Kier molecular flexibility index (Phi) is 8.31. The first-order valence-corrected chi connectivity index (χ1v) is 8.87. The highest BCUT2D eigenvalue weighted by molar-refractivity contribution is 5.76. The van der Waals surface area contributed by atoms with Crippen molar-refractivity contribution in [2.24, 2.45) is 11.3 Å². The molecule has 0 spiro atoms. The van der Waals surface area contributed by atoms with Gasteiger partial charge in [0.25, 0.3) is 0 Å². The van der Waals surface area contributed by atoms with Gasteiger partial charge in [-0.15, -0.1) is 0 Å². The van der Waals surface area contributed by atoms with E-state index < -0.39 is 0 Å². The first-order chi connectivity index (χ1) is 9.87. The van der Waals surface area contributed by atoms with Crippen LogP contribution in [0, 0.1) is 11.3 Å². The Hall–Kier alpha value is -0.570. The van der Waals surface area contributed by atoms with Gasteiger partial charge in [-0.3, -0.25) is 4.79 Å². The molecule has 2 N–H and O–H groups in total. The highest BCUT2D eigenvalue weighted by Gasteiger charge is 2.17. The molecule has 124 valence electrons. The van der Waals surface area contributed by atoms with Gasteiger partial charge in [-0.25, -0.2) is 0 Å². The Labute approximate surface area is 131 Å². The monoisotopic (exact) mass is 296 g/mol. The van der Waals surface area contributed by atoms with Gasteiger partial charge in [0.1, 0.15) is 0 Å². The molecule has 1 atom stereocenters. The van der Waals surface area contributed by atoms with Crippen LogP contribution in [0.15, 0.2) is 0 Å². The third-order valence-electron chi connectivity index (χ3n) is 4.23. The van der Waals surface area contributed by atoms with E-state index in [4.69, 9.17) is 0 Å². The van der Waals surface area contributed by atoms with Crippen molar-refractivity contribution in [2.45, 2.75) is 85.1 Å². The van der Waals surface area contributed by atoms with E-state index in [0.29, 0.717) is 23.8 Å². The van der Waals surface area contributed by atoms with Gasteiger partial charge in [0.05, 0.1) is 0 Å². The summed E-state index contributed by atoms with van der Waals surface area (Å²) in [5, 5.41) is 6.65. The van der Waals surface area contributed by atoms with Crippen molar-refractivity contribution in [3.05, 3.63) is 0 Å². The predicted octanol–water partition coefficient (Wildman–Crippen LogP) is 3.88. The number of carbonyl (C=O) groups excluding carboxylic acids is 1. The lowest BCUT2D eigenvalue weighted by atomic mass is 9.84. The lowest BCUT2D eigenvalue weighted by molar-refractivity contribution is -0.122. The van der Waals surface area contributed by atoms with Gasteiger partial charge in [-0.05, 0) is 30.6 Å². The molecule has 0 saturated heterocycles. The van der Waals surface area contributed by atoms with E-state index in [9.17, 15) is 4.79 Å². The Morgan fingerprint density at radius 2 is 1.71 bits per heavy atom. The maximum absolute atomic E-state index is 11.9. The Morgan fingerprint density at radius 1 is 1.10 bits per heavy atom. The Bertz CT molecular complexity index is 288. The zero-order chi connectivity index (χ0) is 15.7. The van der Waals surface area contributed by atoms with Crippen molar-refractivity contribution < 1.29 is 4.79 Å². The summed E-state index contributed by atoms with van der Waals surface area (Å²) in [7, 11) is 0. The van der Waals surface area contributed by atoms with Gasteiger partial charge in [0.2, 0.25) is 5.91 Å². The smallest absolute Gasteiger partial charge is 0.220 e. The van der Waals surface area contributed by atoms with Crippen molar-refractivity contribution in [2.75, 3.05) is 13.1 Å². The van der Waals surface area contributed by atoms with Crippen LogP contribution >= 0.6 is 0 Å². The molecule has 0 heterocycles. The molecule has 3 heteroatoms. The summed E-state index contributed by atoms with van der Waals surface area (Å²) < 4.78 is 0. The molecule has 1 saturated carbocycles. The number of carbonyl (C=O) groups is 1. The molecule has 1 rings (SSSR count). The average Bonchev–Trinajstić information content (AvgIpc) is 2.60. The largest absolute Gasteiger partial charge is 0.355 e. The van der Waals surface area contributed by atoms with Crippen LogP contribution in [0.5, 0.6) is 0 Å². The van der Waals surface area contributed by atoms with Gasteiger partial charge in [0.15, 0.2) is 0 Å². The van der Waals surface area contributed by atoms with Crippen molar-refractivity contribution in [3.8, 4) is 0 Å². The highest BCUT2D eigenvalue weighted by atomic mass is 16.1. The van der Waals surface area contributed by atoms with Gasteiger partial charge in [-0.1, -0.05) is 53.4 Å². The van der Waals surface area contributed by atoms with Crippen LogP contribution in [0.2, 0.25) is 0 Å². The number of amides is 1. The molecule has 1 fully saturated rings. The van der Waals surface area contributed by atoms with Crippen LogP contribution in [-0.2, 0) is 4.79 Å². The second-order valence-corrected chi connectivity index (χ2v) is 8.07. The second kappa shape index (κ2) is 9.45. The van der Waals surface area contributed by atoms with Gasteiger partial charge < -0.3 is 10.6 Å². The zero-order valence-corrected chi connectivity index (χ0v) is 14.6. The second-order valence-electron chi connectivity index (χ2n) is 8.07. The molecule has 1 unspecified atom stereocenters. The predicted molar refractivity (Wildman–Crippen MR) is 90.4 cm³/mol. The maximum atomic E-state index is 11.9. The minimum atomic E-state index is 0.203. The van der Waals surface area contributed by atoms with Crippen LogP contribution in [-0.4, -0.2) is 25.0 Å². The quantitative estimate of drug-likeness (QED) is 0.553. The van der Waals surface area contributed by atoms with Crippen LogP contribution < -0.4 is 10.6 Å². The van der Waals surface area contributed by atoms with Crippen LogP contribution in [0.4, 0.5) is 0 Å². The van der Waals surface area contributed by atoms with E-state index in [0.717, 1.165) is 19.5 Å². The summed E-state index contributed by atoms with van der Waals surface area (Å²) >= 11 is 0. The van der Waals surface area contributed by atoms with Gasteiger partial charge in [-0.2, -0.15) is 0 Å². The molecule has 1 amide bonds. The molecule has 0 aromatic carbocycles. The number of hydrogen-bond acceptors (Lipinski definition) is 2. The summed E-state index contributed by atoms with van der Waals surface area (Å²) in [5.41, 5.74) is 0.306. The minimum Gasteiger partial charge on any atom is -0.355 e. The first kappa shape index (κ1) is 18.5. The lowest BCUT2D eigenvalue weighted by Gasteiger charge is -2.23. The fraction of sp³-hybridized carbons (Fsp3) is 0.944. The minimum absolute atomic E-state index is 0.203. The molecule has 21 heavy (non-hydrogen) atoms. The number of hydrogen-bond donors (Lipinski definition) is 2. The third-order valence-corrected chi connectivity index (χ3v) is 4.23. The summed E-state index contributed by atoms with van der Waals surface area (Å²) in [5.74, 6) is 0.661. The molecule has 1 aliphatic rings. The fourth-order valence-corrected chi connectivity index (χ4v) is 3.47. The van der Waals surface area contributed by atoms with Crippen molar-refractivity contribution in [1.29, 1.82) is 0 Å².